The summed E-state index contributed by atoms with van der Waals surface area (Å²) in [5.41, 5.74) is 5.31. The second kappa shape index (κ2) is 9.25. The lowest BCUT2D eigenvalue weighted by Crippen LogP contribution is -2.23. The molecule has 0 aromatic heterocycles. The van der Waals surface area contributed by atoms with Crippen LogP contribution in [0.15, 0.2) is 89.5 Å². The Kier molecular flexibility index (Phi) is 6.51. The van der Waals surface area contributed by atoms with E-state index in [1.165, 1.54) is 0 Å². The first-order chi connectivity index (χ1) is 13.6. The van der Waals surface area contributed by atoms with Crippen molar-refractivity contribution in [2.24, 2.45) is 4.99 Å². The number of hydrogen-bond acceptors (Lipinski definition) is 2. The third-order valence-corrected chi connectivity index (χ3v) is 4.54. The molecule has 0 bridgehead atoms. The summed E-state index contributed by atoms with van der Waals surface area (Å²) in [6.45, 7) is 6.32. The summed E-state index contributed by atoms with van der Waals surface area (Å²) in [5.74, 6) is 1.49. The number of aryl methyl sites for hydroxylation is 1. The number of rotatable bonds is 6. The molecule has 3 rings (SSSR count). The minimum absolute atomic E-state index is 0.320. The number of amidine groups is 1. The van der Waals surface area contributed by atoms with E-state index in [0.29, 0.717) is 17.5 Å². The van der Waals surface area contributed by atoms with Gasteiger partial charge in [-0.2, -0.15) is 0 Å². The molecule has 142 valence electrons. The van der Waals surface area contributed by atoms with Crippen LogP contribution in [0.5, 0.6) is 5.75 Å². The van der Waals surface area contributed by atoms with Gasteiger partial charge in [0.05, 0.1) is 13.7 Å². The summed E-state index contributed by atoms with van der Waals surface area (Å²) in [6.07, 6.45) is 0. The molecule has 4 heteroatoms. The van der Waals surface area contributed by atoms with Gasteiger partial charge >= 0.3 is 0 Å². The Morgan fingerprint density at radius 3 is 2.43 bits per heavy atom. The molecular weight excluding hydrogens is 368 g/mol. The molecule has 0 unspecified atom stereocenters. The number of methoxy groups -OCH3 is 1. The molecule has 0 saturated heterocycles. The van der Waals surface area contributed by atoms with Gasteiger partial charge in [0.15, 0.2) is 0 Å². The van der Waals surface area contributed by atoms with E-state index < -0.39 is 0 Å². The van der Waals surface area contributed by atoms with Gasteiger partial charge in [0.1, 0.15) is 16.7 Å². The summed E-state index contributed by atoms with van der Waals surface area (Å²) >= 11 is 6.10. The normalized spacial score (nSPS) is 11.2. The molecule has 0 saturated carbocycles. The summed E-state index contributed by atoms with van der Waals surface area (Å²) in [4.78, 5) is 4.84. The highest BCUT2D eigenvalue weighted by molar-refractivity contribution is 6.30. The average Bonchev–Trinajstić information content (AvgIpc) is 2.71. The van der Waals surface area contributed by atoms with Crippen molar-refractivity contribution in [3.05, 3.63) is 101 Å². The van der Waals surface area contributed by atoms with Crippen LogP contribution in [0.4, 0.5) is 0 Å². The molecule has 0 atom stereocenters. The highest BCUT2D eigenvalue weighted by Crippen LogP contribution is 2.27. The van der Waals surface area contributed by atoms with Gasteiger partial charge in [-0.25, -0.2) is 0 Å². The van der Waals surface area contributed by atoms with Gasteiger partial charge in [-0.1, -0.05) is 84.9 Å². The van der Waals surface area contributed by atoms with E-state index in [2.05, 4.69) is 49.2 Å². The predicted octanol–water partition coefficient (Wildman–Crippen LogP) is 5.92. The fourth-order valence-electron chi connectivity index (χ4n) is 3.15. The molecule has 0 fully saturated rings. The van der Waals surface area contributed by atoms with E-state index in [0.717, 1.165) is 33.6 Å². The standard InChI is InChI=1S/C24H23ClN2O/c1-17-10-9-14-21(19-11-5-4-6-12-19)23(17)24(27-18(2)25)26-16-20-13-7-8-15-22(20)28-3/h4-15H,2,16H2,1,3H3,(H,26,27). The van der Waals surface area contributed by atoms with E-state index >= 15 is 0 Å². The second-order valence-electron chi connectivity index (χ2n) is 6.37. The van der Waals surface area contributed by atoms with E-state index in [-0.39, 0.29) is 0 Å². The molecule has 1 N–H and O–H groups in total. The quantitative estimate of drug-likeness (QED) is 0.322. The maximum absolute atomic E-state index is 6.10. The van der Waals surface area contributed by atoms with Crippen molar-refractivity contribution in [3.63, 3.8) is 0 Å². The molecule has 0 spiro atoms. The number of aliphatic imine (C=N–C) groups is 1. The number of halogens is 1. The number of nitrogens with zero attached hydrogens (tertiary/aromatic N) is 1. The molecule has 0 radical (unpaired) electrons. The second-order valence-corrected chi connectivity index (χ2v) is 6.83. The van der Waals surface area contributed by atoms with Crippen molar-refractivity contribution in [1.29, 1.82) is 0 Å². The Morgan fingerprint density at radius 1 is 1.00 bits per heavy atom. The molecular formula is C24H23ClN2O. The molecule has 0 aliphatic rings. The van der Waals surface area contributed by atoms with Crippen molar-refractivity contribution in [2.45, 2.75) is 13.5 Å². The number of ether oxygens (including phenoxy) is 1. The van der Waals surface area contributed by atoms with Crippen LogP contribution >= 0.6 is 11.6 Å². The van der Waals surface area contributed by atoms with Crippen LogP contribution < -0.4 is 10.1 Å². The number of hydrogen-bond donors (Lipinski definition) is 1. The number of para-hydroxylation sites is 1. The van der Waals surface area contributed by atoms with Gasteiger partial charge in [0.25, 0.3) is 0 Å². The number of benzene rings is 3. The van der Waals surface area contributed by atoms with Crippen molar-refractivity contribution in [2.75, 3.05) is 7.11 Å². The van der Waals surface area contributed by atoms with Gasteiger partial charge in [0, 0.05) is 11.1 Å². The van der Waals surface area contributed by atoms with Crippen LogP contribution in [0, 0.1) is 6.92 Å². The van der Waals surface area contributed by atoms with Gasteiger partial charge in [0.2, 0.25) is 0 Å². The van der Waals surface area contributed by atoms with Gasteiger partial charge < -0.3 is 10.1 Å². The maximum Gasteiger partial charge on any atom is 0.134 e. The summed E-state index contributed by atoms with van der Waals surface area (Å²) in [7, 11) is 1.66. The van der Waals surface area contributed by atoms with Crippen LogP contribution in [0.3, 0.4) is 0 Å². The first kappa shape index (κ1) is 19.7. The van der Waals surface area contributed by atoms with E-state index in [4.69, 9.17) is 21.3 Å². The third-order valence-electron chi connectivity index (χ3n) is 4.45. The largest absolute Gasteiger partial charge is 0.496 e. The Morgan fingerprint density at radius 2 is 1.71 bits per heavy atom. The Balaban J connectivity index is 2.09. The van der Waals surface area contributed by atoms with Gasteiger partial charge in [-0.05, 0) is 29.7 Å². The first-order valence-electron chi connectivity index (χ1n) is 9.03. The Bertz CT molecular complexity index is 996. The van der Waals surface area contributed by atoms with Crippen molar-refractivity contribution in [3.8, 4) is 16.9 Å². The van der Waals surface area contributed by atoms with E-state index in [1.807, 2.05) is 42.5 Å². The average molecular weight is 391 g/mol. The highest BCUT2D eigenvalue weighted by atomic mass is 35.5. The zero-order valence-electron chi connectivity index (χ0n) is 16.1. The molecule has 0 aliphatic carbocycles. The minimum atomic E-state index is 0.320. The van der Waals surface area contributed by atoms with Crippen LogP contribution in [-0.4, -0.2) is 12.9 Å². The zero-order chi connectivity index (χ0) is 19.9. The first-order valence-corrected chi connectivity index (χ1v) is 9.41. The lowest BCUT2D eigenvalue weighted by atomic mass is 9.95. The van der Waals surface area contributed by atoms with Crippen molar-refractivity contribution < 1.29 is 4.74 Å². The summed E-state index contributed by atoms with van der Waals surface area (Å²) < 4.78 is 5.45. The zero-order valence-corrected chi connectivity index (χ0v) is 16.8. The lowest BCUT2D eigenvalue weighted by molar-refractivity contribution is 0.410. The van der Waals surface area contributed by atoms with Crippen LogP contribution in [0.1, 0.15) is 16.7 Å². The Labute approximate surface area is 171 Å². The van der Waals surface area contributed by atoms with Crippen LogP contribution in [-0.2, 0) is 6.54 Å². The highest BCUT2D eigenvalue weighted by Gasteiger charge is 2.14. The fraction of sp³-hybridized carbons (Fsp3) is 0.125. The molecule has 28 heavy (non-hydrogen) atoms. The molecule has 0 aliphatic heterocycles. The van der Waals surface area contributed by atoms with Gasteiger partial charge in [-0.3, -0.25) is 4.99 Å². The maximum atomic E-state index is 6.10. The molecule has 3 aromatic rings. The fourth-order valence-corrected chi connectivity index (χ4v) is 3.24. The monoisotopic (exact) mass is 390 g/mol. The SMILES string of the molecule is C=C(Cl)NC(=NCc1ccccc1OC)c1c(C)cccc1-c1ccccc1. The smallest absolute Gasteiger partial charge is 0.134 e. The Hall–Kier alpha value is -3.04. The van der Waals surface area contributed by atoms with Crippen molar-refractivity contribution in [1.82, 2.24) is 5.32 Å². The van der Waals surface area contributed by atoms with Crippen molar-refractivity contribution >= 4 is 17.4 Å². The van der Waals surface area contributed by atoms with E-state index in [1.54, 1.807) is 7.11 Å². The topological polar surface area (TPSA) is 33.6 Å². The van der Waals surface area contributed by atoms with Crippen LogP contribution in [0.25, 0.3) is 11.1 Å². The molecule has 0 heterocycles. The third kappa shape index (κ3) is 4.62. The molecule has 3 nitrogen and oxygen atoms in total. The summed E-state index contributed by atoms with van der Waals surface area (Å²) in [6, 6.07) is 24.3. The predicted molar refractivity (Wildman–Crippen MR) is 118 cm³/mol. The molecule has 3 aromatic carbocycles. The van der Waals surface area contributed by atoms with Crippen LogP contribution in [0.2, 0.25) is 0 Å². The molecule has 0 amide bonds. The van der Waals surface area contributed by atoms with Gasteiger partial charge in [-0.15, -0.1) is 0 Å². The number of nitrogens with one attached hydrogen (secondary N) is 1. The van der Waals surface area contributed by atoms with E-state index in [9.17, 15) is 0 Å². The summed E-state index contributed by atoms with van der Waals surface area (Å²) in [5, 5.41) is 3.46. The lowest BCUT2D eigenvalue weighted by Gasteiger charge is -2.17. The minimum Gasteiger partial charge on any atom is -0.496 e.